The van der Waals surface area contributed by atoms with Gasteiger partial charge in [0.2, 0.25) is 0 Å². The van der Waals surface area contributed by atoms with Crippen LogP contribution in [0.25, 0.3) is 0 Å². The molecule has 0 aliphatic carbocycles. The number of hydrogen-bond donors (Lipinski definition) is 0. The Morgan fingerprint density at radius 3 is 2.50 bits per heavy atom. The minimum Gasteiger partial charge on any atom is -0.265 e. The molecule has 0 radical (unpaired) electrons. The number of hydrogen-bond acceptors (Lipinski definition) is 1. The predicted molar refractivity (Wildman–Crippen MR) is 66.0 cm³/mol. The molecule has 0 bridgehead atoms. The number of benzene rings is 1. The van der Waals surface area contributed by atoms with Crippen LogP contribution < -0.4 is 0 Å². The molecule has 82 valence electrons. The lowest BCUT2D eigenvalue weighted by Crippen LogP contribution is -1.97. The summed E-state index contributed by atoms with van der Waals surface area (Å²) in [5.74, 6) is -0.152. The molecule has 1 aromatic carbocycles. The van der Waals surface area contributed by atoms with Crippen LogP contribution in [0.4, 0.5) is 4.39 Å². The van der Waals surface area contributed by atoms with Gasteiger partial charge in [0.25, 0.3) is 0 Å². The van der Waals surface area contributed by atoms with Crippen LogP contribution >= 0.6 is 15.9 Å². The summed E-state index contributed by atoms with van der Waals surface area (Å²) in [5.41, 5.74) is 1.83. The smallest absolute Gasteiger partial charge is 0.126 e. The van der Waals surface area contributed by atoms with E-state index in [9.17, 15) is 4.39 Å². The van der Waals surface area contributed by atoms with E-state index in [-0.39, 0.29) is 10.6 Å². The number of rotatable bonds is 3. The second-order valence-corrected chi connectivity index (χ2v) is 4.65. The van der Waals surface area contributed by atoms with Gasteiger partial charge in [0.05, 0.1) is 0 Å². The summed E-state index contributed by atoms with van der Waals surface area (Å²) >= 11 is 3.56. The molecule has 0 N–H and O–H groups in total. The predicted octanol–water partition coefficient (Wildman–Crippen LogP) is 3.90. The Morgan fingerprint density at radius 1 is 1.12 bits per heavy atom. The highest BCUT2D eigenvalue weighted by Gasteiger charge is 2.10. The van der Waals surface area contributed by atoms with Crippen molar-refractivity contribution in [1.82, 2.24) is 4.98 Å². The van der Waals surface area contributed by atoms with Crippen LogP contribution in [-0.4, -0.2) is 4.98 Å². The molecule has 2 aromatic rings. The van der Waals surface area contributed by atoms with Crippen LogP contribution in [0.15, 0.2) is 48.8 Å². The van der Waals surface area contributed by atoms with E-state index in [0.717, 1.165) is 11.1 Å². The van der Waals surface area contributed by atoms with Crippen LogP contribution in [0.1, 0.15) is 16.0 Å². The quantitative estimate of drug-likeness (QED) is 0.777. The molecule has 1 unspecified atom stereocenters. The van der Waals surface area contributed by atoms with Crippen LogP contribution in [0, 0.1) is 5.82 Å². The van der Waals surface area contributed by atoms with E-state index < -0.39 is 0 Å². The second kappa shape index (κ2) is 5.21. The van der Waals surface area contributed by atoms with Crippen molar-refractivity contribution >= 4 is 15.9 Å². The zero-order valence-corrected chi connectivity index (χ0v) is 10.2. The second-order valence-electron chi connectivity index (χ2n) is 3.54. The van der Waals surface area contributed by atoms with Gasteiger partial charge in [-0.2, -0.15) is 0 Å². The molecular formula is C13H11BrFN. The van der Waals surface area contributed by atoms with Crippen molar-refractivity contribution in [3.05, 3.63) is 65.7 Å². The van der Waals surface area contributed by atoms with Gasteiger partial charge in [0, 0.05) is 17.2 Å². The third-order valence-corrected chi connectivity index (χ3v) is 3.28. The zero-order chi connectivity index (χ0) is 11.4. The molecule has 1 aromatic heterocycles. The fraction of sp³-hybridized carbons (Fsp3) is 0.154. The summed E-state index contributed by atoms with van der Waals surface area (Å²) in [6.45, 7) is 0. The average molecular weight is 280 g/mol. The Bertz CT molecular complexity index is 458. The fourth-order valence-corrected chi connectivity index (χ4v) is 2.20. The third kappa shape index (κ3) is 2.67. The normalized spacial score (nSPS) is 12.4. The highest BCUT2D eigenvalue weighted by molar-refractivity contribution is 9.09. The lowest BCUT2D eigenvalue weighted by Gasteiger charge is -2.10. The van der Waals surface area contributed by atoms with Crippen molar-refractivity contribution in [3.63, 3.8) is 0 Å². The Kier molecular flexibility index (Phi) is 3.67. The highest BCUT2D eigenvalue weighted by Crippen LogP contribution is 2.27. The van der Waals surface area contributed by atoms with Crippen molar-refractivity contribution in [3.8, 4) is 0 Å². The number of halogens is 2. The van der Waals surface area contributed by atoms with Gasteiger partial charge >= 0.3 is 0 Å². The molecule has 0 spiro atoms. The van der Waals surface area contributed by atoms with Crippen molar-refractivity contribution in [2.24, 2.45) is 0 Å². The Morgan fingerprint density at radius 2 is 1.81 bits per heavy atom. The van der Waals surface area contributed by atoms with Gasteiger partial charge in [-0.25, -0.2) is 4.39 Å². The number of aromatic nitrogens is 1. The molecule has 0 aliphatic rings. The van der Waals surface area contributed by atoms with E-state index in [1.165, 1.54) is 6.07 Å². The third-order valence-electron chi connectivity index (χ3n) is 2.42. The van der Waals surface area contributed by atoms with Crippen LogP contribution in [-0.2, 0) is 6.42 Å². The van der Waals surface area contributed by atoms with E-state index in [1.807, 2.05) is 24.3 Å². The maximum atomic E-state index is 13.4. The molecule has 0 saturated heterocycles. The van der Waals surface area contributed by atoms with Crippen molar-refractivity contribution in [2.75, 3.05) is 0 Å². The number of nitrogens with zero attached hydrogens (tertiary/aromatic N) is 1. The number of pyridine rings is 1. The van der Waals surface area contributed by atoms with E-state index in [2.05, 4.69) is 20.9 Å². The summed E-state index contributed by atoms with van der Waals surface area (Å²) in [4.78, 5) is 4.08. The van der Waals surface area contributed by atoms with Gasteiger partial charge in [-0.3, -0.25) is 4.98 Å². The molecule has 0 saturated carbocycles. The molecular weight excluding hydrogens is 269 g/mol. The van der Waals surface area contributed by atoms with Gasteiger partial charge in [-0.15, -0.1) is 0 Å². The van der Waals surface area contributed by atoms with Crippen LogP contribution in [0.5, 0.6) is 0 Å². The maximum Gasteiger partial charge on any atom is 0.126 e. The van der Waals surface area contributed by atoms with Crippen LogP contribution in [0.3, 0.4) is 0 Å². The first kappa shape index (κ1) is 11.3. The molecule has 0 fully saturated rings. The molecule has 1 heterocycles. The summed E-state index contributed by atoms with van der Waals surface area (Å²) in [6, 6.07) is 10.7. The average Bonchev–Trinajstić information content (AvgIpc) is 2.33. The molecule has 16 heavy (non-hydrogen) atoms. The Hall–Kier alpha value is -1.22. The Balaban J connectivity index is 2.14. The first-order chi connectivity index (χ1) is 7.77. The molecule has 0 amide bonds. The van der Waals surface area contributed by atoms with E-state index in [4.69, 9.17) is 0 Å². The van der Waals surface area contributed by atoms with E-state index >= 15 is 0 Å². The van der Waals surface area contributed by atoms with E-state index in [0.29, 0.717) is 6.42 Å². The van der Waals surface area contributed by atoms with Crippen molar-refractivity contribution < 1.29 is 4.39 Å². The van der Waals surface area contributed by atoms with Crippen molar-refractivity contribution in [1.29, 1.82) is 0 Å². The summed E-state index contributed by atoms with van der Waals surface area (Å²) in [6.07, 6.45) is 4.12. The maximum absolute atomic E-state index is 13.4. The lowest BCUT2D eigenvalue weighted by molar-refractivity contribution is 0.608. The van der Waals surface area contributed by atoms with Gasteiger partial charge in [0.1, 0.15) is 5.82 Å². The minimum absolute atomic E-state index is 0.118. The van der Waals surface area contributed by atoms with Gasteiger partial charge in [-0.05, 0) is 35.7 Å². The highest BCUT2D eigenvalue weighted by atomic mass is 79.9. The van der Waals surface area contributed by atoms with Crippen molar-refractivity contribution in [2.45, 2.75) is 11.2 Å². The molecule has 2 rings (SSSR count). The fourth-order valence-electron chi connectivity index (χ4n) is 1.55. The zero-order valence-electron chi connectivity index (χ0n) is 8.61. The SMILES string of the molecule is Fc1ccccc1CC(Br)c1ccncc1. The largest absolute Gasteiger partial charge is 0.265 e. The first-order valence-corrected chi connectivity index (χ1v) is 5.96. The lowest BCUT2D eigenvalue weighted by atomic mass is 10.1. The molecule has 3 heteroatoms. The van der Waals surface area contributed by atoms with Gasteiger partial charge in [0.15, 0.2) is 0 Å². The van der Waals surface area contributed by atoms with Gasteiger partial charge in [-0.1, -0.05) is 34.1 Å². The summed E-state index contributed by atoms with van der Waals surface area (Å²) in [7, 11) is 0. The number of alkyl halides is 1. The Labute approximate surface area is 102 Å². The van der Waals surface area contributed by atoms with Gasteiger partial charge < -0.3 is 0 Å². The van der Waals surface area contributed by atoms with E-state index in [1.54, 1.807) is 18.5 Å². The molecule has 1 nitrogen and oxygen atoms in total. The van der Waals surface area contributed by atoms with Crippen LogP contribution in [0.2, 0.25) is 0 Å². The summed E-state index contributed by atoms with van der Waals surface area (Å²) < 4.78 is 13.4. The molecule has 0 aliphatic heterocycles. The standard InChI is InChI=1S/C13H11BrFN/c14-12(10-5-7-16-8-6-10)9-11-3-1-2-4-13(11)15/h1-8,12H,9H2. The topological polar surface area (TPSA) is 12.9 Å². The monoisotopic (exact) mass is 279 g/mol. The first-order valence-electron chi connectivity index (χ1n) is 5.05. The molecule has 1 atom stereocenters. The minimum atomic E-state index is -0.152. The summed E-state index contributed by atoms with van der Waals surface area (Å²) in [5, 5.41) is 0.